The van der Waals surface area contributed by atoms with Crippen LogP contribution in [0.1, 0.15) is 32.6 Å². The normalized spacial score (nSPS) is 33.7. The number of hydrogen-bond acceptors (Lipinski definition) is 3. The highest BCUT2D eigenvalue weighted by molar-refractivity contribution is 5.88. The first-order chi connectivity index (χ1) is 8.45. The summed E-state index contributed by atoms with van der Waals surface area (Å²) >= 11 is 0. The summed E-state index contributed by atoms with van der Waals surface area (Å²) in [4.78, 5) is 27.6. The fraction of sp³-hybridized carbons (Fsp3) is 0.846. The van der Waals surface area contributed by atoms with Gasteiger partial charge in [0.2, 0.25) is 5.91 Å². The number of nitrogens with zero attached hydrogens (tertiary/aromatic N) is 2. The Morgan fingerprint density at radius 1 is 1.28 bits per heavy atom. The summed E-state index contributed by atoms with van der Waals surface area (Å²) in [5.41, 5.74) is -0.993. The lowest BCUT2D eigenvalue weighted by Crippen LogP contribution is -2.54. The second-order valence-corrected chi connectivity index (χ2v) is 5.77. The molecule has 2 aliphatic heterocycles. The van der Waals surface area contributed by atoms with E-state index in [4.69, 9.17) is 0 Å². The summed E-state index contributed by atoms with van der Waals surface area (Å²) in [5, 5.41) is 9.34. The molecule has 2 saturated heterocycles. The Bertz CT molecular complexity index is 358. The second kappa shape index (κ2) is 4.88. The van der Waals surface area contributed by atoms with Gasteiger partial charge in [0.1, 0.15) is 5.54 Å². The maximum Gasteiger partial charge on any atom is 0.329 e. The number of amides is 1. The molecule has 1 amide bonds. The average molecular weight is 254 g/mol. The molecule has 2 atom stereocenters. The van der Waals surface area contributed by atoms with Crippen molar-refractivity contribution in [1.82, 2.24) is 9.80 Å². The van der Waals surface area contributed by atoms with E-state index >= 15 is 0 Å². The van der Waals surface area contributed by atoms with Gasteiger partial charge < -0.3 is 14.9 Å². The molecule has 5 heteroatoms. The first kappa shape index (κ1) is 13.3. The summed E-state index contributed by atoms with van der Waals surface area (Å²) in [5.74, 6) is -0.873. The number of carbonyl (C=O) groups is 2. The summed E-state index contributed by atoms with van der Waals surface area (Å²) < 4.78 is 0. The van der Waals surface area contributed by atoms with Crippen molar-refractivity contribution in [3.63, 3.8) is 0 Å². The minimum absolute atomic E-state index is 0.0273. The first-order valence-electron chi connectivity index (χ1n) is 6.68. The molecule has 102 valence electrons. The highest BCUT2D eigenvalue weighted by Crippen LogP contribution is 2.32. The Labute approximate surface area is 108 Å². The van der Waals surface area contributed by atoms with Crippen molar-refractivity contribution in [2.75, 3.05) is 26.7 Å². The van der Waals surface area contributed by atoms with Crippen molar-refractivity contribution in [3.8, 4) is 0 Å². The average Bonchev–Trinajstić information content (AvgIpc) is 2.72. The van der Waals surface area contributed by atoms with E-state index in [1.165, 1.54) is 0 Å². The van der Waals surface area contributed by atoms with Crippen LogP contribution in [0.5, 0.6) is 0 Å². The molecule has 2 rings (SSSR count). The Balaban J connectivity index is 2.10. The van der Waals surface area contributed by atoms with Crippen LogP contribution in [0.3, 0.4) is 0 Å². The molecule has 0 aliphatic carbocycles. The smallest absolute Gasteiger partial charge is 0.329 e. The molecule has 1 N–H and O–H groups in total. The van der Waals surface area contributed by atoms with Gasteiger partial charge in [-0.2, -0.15) is 0 Å². The third kappa shape index (κ3) is 2.23. The van der Waals surface area contributed by atoms with Crippen LogP contribution in [0, 0.1) is 5.92 Å². The van der Waals surface area contributed by atoms with Crippen LogP contribution in [0.4, 0.5) is 0 Å². The molecule has 0 aromatic rings. The number of aliphatic carboxylic acids is 1. The van der Waals surface area contributed by atoms with Gasteiger partial charge in [0.05, 0.1) is 5.92 Å². The van der Waals surface area contributed by atoms with Crippen LogP contribution in [0.15, 0.2) is 0 Å². The minimum Gasteiger partial charge on any atom is -0.480 e. The lowest BCUT2D eigenvalue weighted by Gasteiger charge is -2.37. The number of hydrogen-bond donors (Lipinski definition) is 1. The van der Waals surface area contributed by atoms with Gasteiger partial charge in [0.15, 0.2) is 0 Å². The van der Waals surface area contributed by atoms with Gasteiger partial charge in [0, 0.05) is 13.1 Å². The second-order valence-electron chi connectivity index (χ2n) is 5.77. The van der Waals surface area contributed by atoms with Crippen molar-refractivity contribution < 1.29 is 14.7 Å². The Kier molecular flexibility index (Phi) is 3.61. The van der Waals surface area contributed by atoms with Crippen LogP contribution in [0.25, 0.3) is 0 Å². The summed E-state index contributed by atoms with van der Waals surface area (Å²) in [6, 6.07) is 0. The number of carboxylic acids is 1. The van der Waals surface area contributed by atoms with Gasteiger partial charge in [-0.1, -0.05) is 0 Å². The predicted octanol–water partition coefficient (Wildman–Crippen LogP) is 0.794. The first-order valence-corrected chi connectivity index (χ1v) is 6.68. The van der Waals surface area contributed by atoms with E-state index in [2.05, 4.69) is 4.90 Å². The fourth-order valence-corrected chi connectivity index (χ4v) is 3.13. The molecule has 0 bridgehead atoms. The van der Waals surface area contributed by atoms with Crippen LogP contribution < -0.4 is 0 Å². The van der Waals surface area contributed by atoms with Crippen molar-refractivity contribution in [1.29, 1.82) is 0 Å². The highest BCUT2D eigenvalue weighted by Gasteiger charge is 2.47. The van der Waals surface area contributed by atoms with Crippen molar-refractivity contribution >= 4 is 11.9 Å². The van der Waals surface area contributed by atoms with E-state index in [-0.39, 0.29) is 11.8 Å². The van der Waals surface area contributed by atoms with Gasteiger partial charge in [-0.25, -0.2) is 4.79 Å². The standard InChI is InChI=1S/C13H22N2O3/c1-13(12(17)18)6-4-8-15(13)11(16)10-5-3-7-14(2)9-10/h10H,3-9H2,1-2H3,(H,17,18). The van der Waals surface area contributed by atoms with Crippen LogP contribution in [0.2, 0.25) is 0 Å². The number of carboxylic acid groups (broad SMARTS) is 1. The zero-order chi connectivity index (χ0) is 13.3. The lowest BCUT2D eigenvalue weighted by atomic mass is 9.93. The largest absolute Gasteiger partial charge is 0.480 e. The van der Waals surface area contributed by atoms with E-state index in [0.29, 0.717) is 13.0 Å². The fourth-order valence-electron chi connectivity index (χ4n) is 3.13. The Hall–Kier alpha value is -1.10. The summed E-state index contributed by atoms with van der Waals surface area (Å²) in [7, 11) is 2.01. The lowest BCUT2D eigenvalue weighted by molar-refractivity contribution is -0.157. The van der Waals surface area contributed by atoms with Crippen molar-refractivity contribution in [2.45, 2.75) is 38.1 Å². The molecule has 0 saturated carbocycles. The quantitative estimate of drug-likeness (QED) is 0.791. The van der Waals surface area contributed by atoms with Gasteiger partial charge in [-0.15, -0.1) is 0 Å². The van der Waals surface area contributed by atoms with Crippen LogP contribution in [-0.4, -0.2) is 59.0 Å². The maximum atomic E-state index is 12.5. The molecule has 0 spiro atoms. The van der Waals surface area contributed by atoms with Crippen LogP contribution >= 0.6 is 0 Å². The number of piperidine rings is 1. The third-order valence-corrected chi connectivity index (χ3v) is 4.34. The topological polar surface area (TPSA) is 60.9 Å². The molecule has 0 radical (unpaired) electrons. The van der Waals surface area contributed by atoms with E-state index < -0.39 is 11.5 Å². The van der Waals surface area contributed by atoms with E-state index in [1.54, 1.807) is 11.8 Å². The number of likely N-dealkylation sites (tertiary alicyclic amines) is 2. The monoisotopic (exact) mass is 254 g/mol. The van der Waals surface area contributed by atoms with E-state index in [9.17, 15) is 14.7 Å². The molecule has 2 heterocycles. The van der Waals surface area contributed by atoms with Crippen molar-refractivity contribution in [3.05, 3.63) is 0 Å². The molecule has 0 aromatic heterocycles. The molecule has 0 aromatic carbocycles. The summed E-state index contributed by atoms with van der Waals surface area (Å²) in [6.07, 6.45) is 3.26. The summed E-state index contributed by atoms with van der Waals surface area (Å²) in [6.45, 7) is 4.04. The Morgan fingerprint density at radius 2 is 2.00 bits per heavy atom. The SMILES string of the molecule is CN1CCCC(C(=O)N2CCCC2(C)C(=O)O)C1. The number of rotatable bonds is 2. The number of carbonyl (C=O) groups excluding carboxylic acids is 1. The van der Waals surface area contributed by atoms with Gasteiger partial charge in [0.25, 0.3) is 0 Å². The predicted molar refractivity (Wildman–Crippen MR) is 67.2 cm³/mol. The molecular weight excluding hydrogens is 232 g/mol. The van der Waals surface area contributed by atoms with Gasteiger partial charge >= 0.3 is 5.97 Å². The zero-order valence-corrected chi connectivity index (χ0v) is 11.2. The molecule has 5 nitrogen and oxygen atoms in total. The van der Waals surface area contributed by atoms with Crippen molar-refractivity contribution in [2.24, 2.45) is 5.92 Å². The zero-order valence-electron chi connectivity index (χ0n) is 11.2. The molecular formula is C13H22N2O3. The van der Waals surface area contributed by atoms with Gasteiger partial charge in [-0.3, -0.25) is 4.79 Å². The molecule has 2 fully saturated rings. The maximum absolute atomic E-state index is 12.5. The molecule has 2 aliphatic rings. The molecule has 2 unspecified atom stereocenters. The third-order valence-electron chi connectivity index (χ3n) is 4.34. The Morgan fingerprint density at radius 3 is 2.61 bits per heavy atom. The van der Waals surface area contributed by atoms with Gasteiger partial charge in [-0.05, 0) is 46.2 Å². The van der Waals surface area contributed by atoms with Crippen LogP contribution in [-0.2, 0) is 9.59 Å². The van der Waals surface area contributed by atoms with E-state index in [1.807, 2.05) is 7.05 Å². The minimum atomic E-state index is -0.993. The van der Waals surface area contributed by atoms with E-state index in [0.717, 1.165) is 32.4 Å². The molecule has 18 heavy (non-hydrogen) atoms. The highest BCUT2D eigenvalue weighted by atomic mass is 16.4.